The first-order valence-electron chi connectivity index (χ1n) is 8.62. The number of anilines is 1. The Balaban J connectivity index is 1.70. The quantitative estimate of drug-likeness (QED) is 0.543. The molecule has 3 aromatic rings. The molecule has 2 aliphatic rings. The molecule has 3 aromatic carbocycles. The second-order valence-electron chi connectivity index (χ2n) is 6.90. The maximum Gasteiger partial charge on any atom is 0.149 e. The van der Waals surface area contributed by atoms with Gasteiger partial charge in [0.1, 0.15) is 11.6 Å². The lowest BCUT2D eigenvalue weighted by Gasteiger charge is -2.38. The van der Waals surface area contributed by atoms with Crippen LogP contribution in [0.1, 0.15) is 29.5 Å². The number of benzene rings is 3. The summed E-state index contributed by atoms with van der Waals surface area (Å²) in [5.41, 5.74) is 2.34. The van der Waals surface area contributed by atoms with Gasteiger partial charge in [0.05, 0.1) is 11.7 Å². The smallest absolute Gasteiger partial charge is 0.149 e. The molecule has 0 radical (unpaired) electrons. The molecule has 0 fully saturated rings. The highest BCUT2D eigenvalue weighted by molar-refractivity contribution is 5.86. The SMILES string of the molecule is Fc1cc(F)c2c(c1)[C@@H]1C=CC[C@H]1[C@@H](c1cccc3ccccc13)N2. The van der Waals surface area contributed by atoms with E-state index in [1.54, 1.807) is 0 Å². The van der Waals surface area contributed by atoms with Crippen molar-refractivity contribution in [2.75, 3.05) is 5.32 Å². The van der Waals surface area contributed by atoms with Crippen molar-refractivity contribution < 1.29 is 8.78 Å². The molecule has 3 atom stereocenters. The summed E-state index contributed by atoms with van der Waals surface area (Å²) in [7, 11) is 0. The second kappa shape index (κ2) is 5.41. The summed E-state index contributed by atoms with van der Waals surface area (Å²) in [5.74, 6) is -0.718. The molecule has 1 aliphatic carbocycles. The normalized spacial score (nSPS) is 24.0. The van der Waals surface area contributed by atoms with E-state index in [2.05, 4.69) is 41.7 Å². The van der Waals surface area contributed by atoms with Crippen LogP contribution >= 0.6 is 0 Å². The van der Waals surface area contributed by atoms with Gasteiger partial charge in [-0.1, -0.05) is 54.6 Å². The third-order valence-corrected chi connectivity index (χ3v) is 5.54. The first kappa shape index (κ1) is 14.6. The average Bonchev–Trinajstić information content (AvgIpc) is 3.11. The van der Waals surface area contributed by atoms with Gasteiger partial charge in [-0.2, -0.15) is 0 Å². The second-order valence-corrected chi connectivity index (χ2v) is 6.90. The van der Waals surface area contributed by atoms with Crippen LogP contribution in [0.3, 0.4) is 0 Å². The summed E-state index contributed by atoms with van der Waals surface area (Å²) in [6.45, 7) is 0. The lowest BCUT2D eigenvalue weighted by atomic mass is 9.76. The van der Waals surface area contributed by atoms with E-state index in [4.69, 9.17) is 0 Å². The van der Waals surface area contributed by atoms with Crippen molar-refractivity contribution >= 4 is 16.5 Å². The van der Waals surface area contributed by atoms with Crippen molar-refractivity contribution in [3.05, 3.63) is 89.5 Å². The van der Waals surface area contributed by atoms with Crippen molar-refractivity contribution in [3.63, 3.8) is 0 Å². The molecule has 1 nitrogen and oxygen atoms in total. The highest BCUT2D eigenvalue weighted by Crippen LogP contribution is 2.51. The van der Waals surface area contributed by atoms with Gasteiger partial charge in [0.15, 0.2) is 0 Å². The number of hydrogen-bond donors (Lipinski definition) is 1. The summed E-state index contributed by atoms with van der Waals surface area (Å²) < 4.78 is 28.2. The third kappa shape index (κ3) is 2.19. The number of halogens is 2. The van der Waals surface area contributed by atoms with Gasteiger partial charge in [-0.15, -0.1) is 0 Å². The third-order valence-electron chi connectivity index (χ3n) is 5.54. The standard InChI is InChI=1S/C22H17F2N/c23-14-11-19-16-8-4-10-18(16)21(25-22(19)20(24)12-14)17-9-3-6-13-5-1-2-7-15(13)17/h1-9,11-12,16,18,21,25H,10H2/t16-,18-,21-/m1/s1. The Morgan fingerprint density at radius 3 is 2.68 bits per heavy atom. The molecule has 1 N–H and O–H groups in total. The van der Waals surface area contributed by atoms with Gasteiger partial charge in [0.2, 0.25) is 0 Å². The molecular formula is C22H17F2N. The molecular weight excluding hydrogens is 316 g/mol. The van der Waals surface area contributed by atoms with Crippen LogP contribution in [-0.2, 0) is 0 Å². The zero-order valence-electron chi connectivity index (χ0n) is 13.5. The van der Waals surface area contributed by atoms with E-state index in [9.17, 15) is 8.78 Å². The first-order chi connectivity index (χ1) is 12.2. The molecule has 1 heterocycles. The van der Waals surface area contributed by atoms with Gasteiger partial charge in [0.25, 0.3) is 0 Å². The Morgan fingerprint density at radius 2 is 1.76 bits per heavy atom. The van der Waals surface area contributed by atoms with Crippen LogP contribution in [0.4, 0.5) is 14.5 Å². The maximum atomic E-state index is 14.5. The van der Waals surface area contributed by atoms with Crippen LogP contribution < -0.4 is 5.32 Å². The molecule has 0 spiro atoms. The highest BCUT2D eigenvalue weighted by atomic mass is 19.1. The van der Waals surface area contributed by atoms with Gasteiger partial charge >= 0.3 is 0 Å². The molecule has 0 unspecified atom stereocenters. The lowest BCUT2D eigenvalue weighted by Crippen LogP contribution is -2.30. The van der Waals surface area contributed by atoms with Crippen LogP contribution in [0.15, 0.2) is 66.7 Å². The number of rotatable bonds is 1. The molecule has 124 valence electrons. The van der Waals surface area contributed by atoms with Gasteiger partial charge in [0, 0.05) is 12.0 Å². The lowest BCUT2D eigenvalue weighted by molar-refractivity contribution is 0.420. The zero-order chi connectivity index (χ0) is 17.0. The first-order valence-corrected chi connectivity index (χ1v) is 8.62. The maximum absolute atomic E-state index is 14.5. The number of allylic oxidation sites excluding steroid dienone is 2. The molecule has 0 aromatic heterocycles. The highest BCUT2D eigenvalue weighted by Gasteiger charge is 2.39. The zero-order valence-corrected chi connectivity index (χ0v) is 13.5. The minimum atomic E-state index is -0.515. The summed E-state index contributed by atoms with van der Waals surface area (Å²) >= 11 is 0. The van der Waals surface area contributed by atoms with Gasteiger partial charge < -0.3 is 5.32 Å². The Morgan fingerprint density at radius 1 is 0.920 bits per heavy atom. The van der Waals surface area contributed by atoms with E-state index in [0.29, 0.717) is 5.69 Å². The minimum Gasteiger partial charge on any atom is -0.375 e. The van der Waals surface area contributed by atoms with Crippen LogP contribution in [0.5, 0.6) is 0 Å². The Labute approximate surface area is 145 Å². The van der Waals surface area contributed by atoms with Gasteiger partial charge in [-0.3, -0.25) is 0 Å². The fourth-order valence-electron chi connectivity index (χ4n) is 4.45. The van der Waals surface area contributed by atoms with Gasteiger partial charge in [-0.05, 0) is 40.3 Å². The summed E-state index contributed by atoms with van der Waals surface area (Å²) in [6.07, 6.45) is 5.14. The summed E-state index contributed by atoms with van der Waals surface area (Å²) in [6, 6.07) is 16.9. The average molecular weight is 333 g/mol. The van der Waals surface area contributed by atoms with Crippen molar-refractivity contribution in [1.82, 2.24) is 0 Å². The Kier molecular flexibility index (Phi) is 3.17. The van der Waals surface area contributed by atoms with Crippen molar-refractivity contribution in [2.24, 2.45) is 5.92 Å². The molecule has 0 saturated carbocycles. The fourth-order valence-corrected chi connectivity index (χ4v) is 4.45. The molecule has 0 bridgehead atoms. The van der Waals surface area contributed by atoms with Crippen molar-refractivity contribution in [1.29, 1.82) is 0 Å². The molecule has 0 amide bonds. The molecule has 5 rings (SSSR count). The Hall–Kier alpha value is -2.68. The van der Waals surface area contributed by atoms with E-state index >= 15 is 0 Å². The molecule has 3 heteroatoms. The monoisotopic (exact) mass is 333 g/mol. The van der Waals surface area contributed by atoms with E-state index < -0.39 is 11.6 Å². The van der Waals surface area contributed by atoms with Crippen LogP contribution in [0.25, 0.3) is 10.8 Å². The minimum absolute atomic E-state index is 0.00133. The van der Waals surface area contributed by atoms with E-state index in [-0.39, 0.29) is 17.9 Å². The largest absolute Gasteiger partial charge is 0.375 e. The Bertz CT molecular complexity index is 1000. The molecule has 25 heavy (non-hydrogen) atoms. The number of fused-ring (bicyclic) bond motifs is 4. The predicted molar refractivity (Wildman–Crippen MR) is 96.7 cm³/mol. The van der Waals surface area contributed by atoms with Gasteiger partial charge in [-0.25, -0.2) is 8.78 Å². The number of hydrogen-bond acceptors (Lipinski definition) is 1. The van der Waals surface area contributed by atoms with E-state index in [0.717, 1.165) is 18.1 Å². The summed E-state index contributed by atoms with van der Waals surface area (Å²) in [5, 5.41) is 5.75. The summed E-state index contributed by atoms with van der Waals surface area (Å²) in [4.78, 5) is 0. The number of nitrogens with one attached hydrogen (secondary N) is 1. The van der Waals surface area contributed by atoms with Crippen molar-refractivity contribution in [3.8, 4) is 0 Å². The molecule has 0 saturated heterocycles. The topological polar surface area (TPSA) is 12.0 Å². The van der Waals surface area contributed by atoms with Crippen molar-refractivity contribution in [2.45, 2.75) is 18.4 Å². The van der Waals surface area contributed by atoms with Crippen LogP contribution in [0.2, 0.25) is 0 Å². The fraction of sp³-hybridized carbons (Fsp3) is 0.182. The molecule has 1 aliphatic heterocycles. The predicted octanol–water partition coefficient (Wildman–Crippen LogP) is 5.94. The van der Waals surface area contributed by atoms with Crippen LogP contribution in [0, 0.1) is 17.6 Å². The van der Waals surface area contributed by atoms with E-state index in [1.165, 1.54) is 22.4 Å². The van der Waals surface area contributed by atoms with E-state index in [1.807, 2.05) is 18.2 Å². The van der Waals surface area contributed by atoms with Crippen LogP contribution in [-0.4, -0.2) is 0 Å².